The third-order valence-corrected chi connectivity index (χ3v) is 7.98. The van der Waals surface area contributed by atoms with Crippen LogP contribution in [-0.4, -0.2) is 71.1 Å². The van der Waals surface area contributed by atoms with Crippen molar-refractivity contribution in [1.29, 1.82) is 0 Å². The second-order valence-corrected chi connectivity index (χ2v) is 14.5. The Labute approximate surface area is 197 Å². The van der Waals surface area contributed by atoms with Crippen LogP contribution in [0, 0.1) is 0 Å². The van der Waals surface area contributed by atoms with E-state index in [1.165, 1.54) is 17.0 Å². The summed E-state index contributed by atoms with van der Waals surface area (Å²) in [7, 11) is -0.590. The fourth-order valence-electron chi connectivity index (χ4n) is 3.68. The SMILES string of the molecule is CC.CS(C)(C)CCOCn1cc(C(=O)NC2CCOCC2)c(-c2nc3c(s2)CCC3)n1. The molecule has 0 bridgehead atoms. The summed E-state index contributed by atoms with van der Waals surface area (Å²) < 4.78 is 13.0. The van der Waals surface area contributed by atoms with Gasteiger partial charge in [-0.05, 0) is 50.9 Å². The highest BCUT2D eigenvalue weighted by atomic mass is 32.3. The van der Waals surface area contributed by atoms with Crippen molar-refractivity contribution in [2.45, 2.75) is 58.7 Å². The Morgan fingerprint density at radius 1 is 1.28 bits per heavy atom. The van der Waals surface area contributed by atoms with Gasteiger partial charge in [0.05, 0.1) is 17.9 Å². The maximum absolute atomic E-state index is 13.1. The average Bonchev–Trinajstić information content (AvgIpc) is 3.47. The quantitative estimate of drug-likeness (QED) is 0.573. The monoisotopic (exact) mass is 482 g/mol. The van der Waals surface area contributed by atoms with Gasteiger partial charge in [-0.25, -0.2) is 19.7 Å². The van der Waals surface area contributed by atoms with Gasteiger partial charge >= 0.3 is 0 Å². The molecule has 0 spiro atoms. The predicted octanol–water partition coefficient (Wildman–Crippen LogP) is 4.10. The number of hydrogen-bond donors (Lipinski definition) is 1. The zero-order valence-electron chi connectivity index (χ0n) is 20.1. The summed E-state index contributed by atoms with van der Waals surface area (Å²) in [5, 5.41) is 8.71. The normalized spacial score (nSPS) is 16.9. The molecule has 1 aliphatic carbocycles. The highest BCUT2D eigenvalue weighted by Crippen LogP contribution is 2.35. The molecule has 1 amide bonds. The van der Waals surface area contributed by atoms with Crippen LogP contribution in [-0.2, 0) is 29.0 Å². The van der Waals surface area contributed by atoms with Crippen molar-refractivity contribution in [3.63, 3.8) is 0 Å². The van der Waals surface area contributed by atoms with E-state index >= 15 is 0 Å². The summed E-state index contributed by atoms with van der Waals surface area (Å²) in [6, 6.07) is 0.148. The third-order valence-electron chi connectivity index (χ3n) is 5.42. The Hall–Kier alpha value is -1.42. The second-order valence-electron chi connectivity index (χ2n) is 8.87. The number of carbonyl (C=O) groups is 1. The highest BCUT2D eigenvalue weighted by molar-refractivity contribution is 8.32. The summed E-state index contributed by atoms with van der Waals surface area (Å²) in [6.45, 7) is 6.43. The van der Waals surface area contributed by atoms with Gasteiger partial charge in [-0.2, -0.15) is 5.10 Å². The fraction of sp³-hybridized carbons (Fsp3) is 0.696. The molecule has 180 valence electrons. The zero-order chi connectivity index (χ0) is 23.1. The van der Waals surface area contributed by atoms with Gasteiger partial charge < -0.3 is 14.8 Å². The third kappa shape index (κ3) is 6.79. The van der Waals surface area contributed by atoms with Crippen molar-refractivity contribution in [2.24, 2.45) is 0 Å². The minimum Gasteiger partial charge on any atom is -0.381 e. The van der Waals surface area contributed by atoms with Gasteiger partial charge in [-0.15, -0.1) is 11.3 Å². The molecule has 1 fully saturated rings. The topological polar surface area (TPSA) is 78.3 Å². The molecule has 0 radical (unpaired) electrons. The van der Waals surface area contributed by atoms with Crippen LogP contribution in [0.25, 0.3) is 10.7 Å². The number of carbonyl (C=O) groups excluding carboxylic acids is 1. The lowest BCUT2D eigenvalue weighted by Gasteiger charge is -2.24. The lowest BCUT2D eigenvalue weighted by atomic mass is 10.1. The van der Waals surface area contributed by atoms with Crippen LogP contribution in [0.2, 0.25) is 0 Å². The van der Waals surface area contributed by atoms with E-state index in [0.717, 1.165) is 36.4 Å². The Morgan fingerprint density at radius 3 is 2.72 bits per heavy atom. The first-order chi connectivity index (χ1) is 15.4. The maximum Gasteiger partial charge on any atom is 0.255 e. The van der Waals surface area contributed by atoms with Gasteiger partial charge in [0.15, 0.2) is 0 Å². The molecule has 9 heteroatoms. The molecule has 1 aliphatic heterocycles. The van der Waals surface area contributed by atoms with Crippen molar-refractivity contribution in [3.05, 3.63) is 22.3 Å². The largest absolute Gasteiger partial charge is 0.381 e. The molecule has 32 heavy (non-hydrogen) atoms. The van der Waals surface area contributed by atoms with Crippen LogP contribution in [0.5, 0.6) is 0 Å². The lowest BCUT2D eigenvalue weighted by molar-refractivity contribution is 0.0695. The van der Waals surface area contributed by atoms with E-state index < -0.39 is 10.0 Å². The van der Waals surface area contributed by atoms with Crippen molar-refractivity contribution in [3.8, 4) is 10.7 Å². The fourth-order valence-corrected chi connectivity index (χ4v) is 5.44. The van der Waals surface area contributed by atoms with E-state index in [1.807, 2.05) is 13.8 Å². The molecule has 7 nitrogen and oxygen atoms in total. The summed E-state index contributed by atoms with van der Waals surface area (Å²) in [5.41, 5.74) is 2.42. The Bertz CT molecular complexity index is 861. The lowest BCUT2D eigenvalue weighted by Crippen LogP contribution is -2.38. The highest BCUT2D eigenvalue weighted by Gasteiger charge is 2.26. The minimum absolute atomic E-state index is 0.0855. The van der Waals surface area contributed by atoms with Gasteiger partial charge in [0.1, 0.15) is 17.4 Å². The minimum atomic E-state index is -0.590. The predicted molar refractivity (Wildman–Crippen MR) is 134 cm³/mol. The number of rotatable bonds is 8. The summed E-state index contributed by atoms with van der Waals surface area (Å²) in [4.78, 5) is 19.2. The molecule has 0 aromatic carbocycles. The maximum atomic E-state index is 13.1. The van der Waals surface area contributed by atoms with Crippen molar-refractivity contribution >= 4 is 27.3 Å². The smallest absolute Gasteiger partial charge is 0.255 e. The van der Waals surface area contributed by atoms with E-state index in [9.17, 15) is 4.79 Å². The summed E-state index contributed by atoms with van der Waals surface area (Å²) in [5.74, 6) is 0.967. The van der Waals surface area contributed by atoms with E-state index in [4.69, 9.17) is 19.6 Å². The molecule has 4 rings (SSSR count). The van der Waals surface area contributed by atoms with Crippen LogP contribution in [0.3, 0.4) is 0 Å². The molecule has 2 aromatic rings. The van der Waals surface area contributed by atoms with Gasteiger partial charge in [-0.1, -0.05) is 13.8 Å². The van der Waals surface area contributed by atoms with Gasteiger partial charge in [-0.3, -0.25) is 4.79 Å². The summed E-state index contributed by atoms with van der Waals surface area (Å²) in [6.07, 6.45) is 13.6. The number of nitrogens with one attached hydrogen (secondary N) is 1. The first-order valence-corrected chi connectivity index (χ1v) is 15.4. The average molecular weight is 483 g/mol. The molecule has 1 N–H and O–H groups in total. The van der Waals surface area contributed by atoms with Gasteiger partial charge in [0, 0.05) is 36.1 Å². The molecule has 0 unspecified atom stereocenters. The van der Waals surface area contributed by atoms with Crippen LogP contribution in [0.1, 0.15) is 54.0 Å². The molecule has 0 atom stereocenters. The molecular weight excluding hydrogens is 444 g/mol. The van der Waals surface area contributed by atoms with E-state index in [0.29, 0.717) is 37.8 Å². The van der Waals surface area contributed by atoms with E-state index in [2.05, 4.69) is 24.1 Å². The Balaban J connectivity index is 0.00000141. The number of nitrogens with zero attached hydrogens (tertiary/aromatic N) is 3. The molecule has 2 aromatic heterocycles. The first-order valence-electron chi connectivity index (χ1n) is 11.6. The van der Waals surface area contributed by atoms with Crippen LogP contribution in [0.4, 0.5) is 0 Å². The standard InChI is InChI=1S/C21H32N4O3S2.C2H6/c1-30(2,3)12-11-28-14-25-13-16(20(26)22-15-7-9-27-10-8-15)19(24-25)21-23-17-5-4-6-18(17)29-21;1-2/h13,15H,4-12,14H2,1-3H3,(H,22,26);1-2H3. The number of aryl methyl sites for hydroxylation is 2. The van der Waals surface area contributed by atoms with Crippen molar-refractivity contribution in [1.82, 2.24) is 20.1 Å². The molecule has 2 aliphatic rings. The Morgan fingerprint density at radius 2 is 2.03 bits per heavy atom. The van der Waals surface area contributed by atoms with Crippen molar-refractivity contribution < 1.29 is 14.3 Å². The number of hydrogen-bond acceptors (Lipinski definition) is 6. The number of thiazole rings is 1. The van der Waals surface area contributed by atoms with Crippen molar-refractivity contribution in [2.75, 3.05) is 44.3 Å². The second kappa shape index (κ2) is 11.6. The molecule has 0 saturated carbocycles. The molecule has 1 saturated heterocycles. The Kier molecular flexibility index (Phi) is 9.16. The molecular formula is C23H38N4O3S2. The zero-order valence-corrected chi connectivity index (χ0v) is 21.7. The molecule has 3 heterocycles. The van der Waals surface area contributed by atoms with Crippen LogP contribution in [0.15, 0.2) is 6.20 Å². The number of amides is 1. The van der Waals surface area contributed by atoms with E-state index in [1.54, 1.807) is 22.2 Å². The number of ether oxygens (including phenoxy) is 2. The number of fused-ring (bicyclic) bond motifs is 1. The van der Waals surface area contributed by atoms with Crippen LogP contribution < -0.4 is 5.32 Å². The first kappa shape index (κ1) is 25.2. The van der Waals surface area contributed by atoms with E-state index in [-0.39, 0.29) is 11.9 Å². The van der Waals surface area contributed by atoms with Gasteiger partial charge in [0.2, 0.25) is 0 Å². The number of aromatic nitrogens is 3. The summed E-state index contributed by atoms with van der Waals surface area (Å²) >= 11 is 1.67. The van der Waals surface area contributed by atoms with Gasteiger partial charge in [0.25, 0.3) is 5.91 Å². The van der Waals surface area contributed by atoms with Crippen LogP contribution >= 0.6 is 21.4 Å².